The summed E-state index contributed by atoms with van der Waals surface area (Å²) in [5.74, 6) is -0.243. The van der Waals surface area contributed by atoms with Crippen molar-refractivity contribution in [1.29, 1.82) is 0 Å². The average Bonchev–Trinajstić information content (AvgIpc) is 2.79. The minimum atomic E-state index is -0.243. The van der Waals surface area contributed by atoms with Gasteiger partial charge in [-0.05, 0) is 54.8 Å². The van der Waals surface area contributed by atoms with Gasteiger partial charge in [-0.2, -0.15) is 4.99 Å². The van der Waals surface area contributed by atoms with Gasteiger partial charge in [0.2, 0.25) is 0 Å². The molecule has 0 radical (unpaired) electrons. The number of carbonyl (C=O) groups excluding carboxylic acids is 1. The molecule has 1 amide bonds. The molecular weight excluding hydrogens is 270 g/mol. The van der Waals surface area contributed by atoms with E-state index in [4.69, 9.17) is 5.73 Å². The SMILES string of the molecule is NC1=NC(=O)/C(=C/c2ccc(N3CCCCC3)cc2)S1. The standard InChI is InChI=1S/C15H17N3OS/c16-15-17-14(19)13(20-15)10-11-4-6-12(7-5-11)18-8-2-1-3-9-18/h4-7,10H,1-3,8-9H2,(H2,16,17,19)/b13-10-. The van der Waals surface area contributed by atoms with Crippen LogP contribution in [-0.4, -0.2) is 24.2 Å². The van der Waals surface area contributed by atoms with Crippen LogP contribution in [0.25, 0.3) is 6.08 Å². The van der Waals surface area contributed by atoms with Gasteiger partial charge in [-0.1, -0.05) is 12.1 Å². The van der Waals surface area contributed by atoms with E-state index in [0.717, 1.165) is 18.7 Å². The first kappa shape index (κ1) is 13.2. The predicted molar refractivity (Wildman–Crippen MR) is 84.7 cm³/mol. The summed E-state index contributed by atoms with van der Waals surface area (Å²) in [7, 11) is 0. The number of piperidine rings is 1. The molecule has 3 rings (SSSR count). The Morgan fingerprint density at radius 3 is 2.45 bits per heavy atom. The minimum Gasteiger partial charge on any atom is -0.378 e. The van der Waals surface area contributed by atoms with Crippen molar-refractivity contribution in [3.63, 3.8) is 0 Å². The number of nitrogens with zero attached hydrogens (tertiary/aromatic N) is 2. The lowest BCUT2D eigenvalue weighted by atomic mass is 10.1. The van der Waals surface area contributed by atoms with Crippen molar-refractivity contribution >= 4 is 34.6 Å². The molecule has 0 atom stereocenters. The summed E-state index contributed by atoms with van der Waals surface area (Å²) in [5, 5.41) is 0.325. The first-order valence-electron chi connectivity index (χ1n) is 6.85. The normalized spacial score (nSPS) is 21.4. The van der Waals surface area contributed by atoms with Crippen molar-refractivity contribution in [2.75, 3.05) is 18.0 Å². The van der Waals surface area contributed by atoms with E-state index >= 15 is 0 Å². The fourth-order valence-corrected chi connectivity index (χ4v) is 3.19. The maximum absolute atomic E-state index is 11.5. The van der Waals surface area contributed by atoms with Gasteiger partial charge < -0.3 is 10.6 Å². The molecule has 1 fully saturated rings. The van der Waals surface area contributed by atoms with Crippen molar-refractivity contribution in [2.24, 2.45) is 10.7 Å². The Balaban J connectivity index is 1.73. The molecule has 2 aliphatic rings. The van der Waals surface area contributed by atoms with Crippen molar-refractivity contribution < 1.29 is 4.79 Å². The topological polar surface area (TPSA) is 58.7 Å². The Kier molecular flexibility index (Phi) is 3.78. The summed E-state index contributed by atoms with van der Waals surface area (Å²) in [6, 6.07) is 8.32. The van der Waals surface area contributed by atoms with Crippen LogP contribution in [0.5, 0.6) is 0 Å². The van der Waals surface area contributed by atoms with Crippen LogP contribution in [0, 0.1) is 0 Å². The quantitative estimate of drug-likeness (QED) is 0.849. The zero-order valence-electron chi connectivity index (χ0n) is 11.2. The molecule has 1 saturated heterocycles. The van der Waals surface area contributed by atoms with Crippen LogP contribution in [0.2, 0.25) is 0 Å². The fraction of sp³-hybridized carbons (Fsp3) is 0.333. The minimum absolute atomic E-state index is 0.243. The Morgan fingerprint density at radius 2 is 1.85 bits per heavy atom. The molecule has 0 spiro atoms. The van der Waals surface area contributed by atoms with E-state index < -0.39 is 0 Å². The number of rotatable bonds is 2. The number of benzene rings is 1. The number of thioether (sulfide) groups is 1. The number of anilines is 1. The molecule has 2 heterocycles. The lowest BCUT2D eigenvalue weighted by Gasteiger charge is -2.28. The van der Waals surface area contributed by atoms with Crippen LogP contribution in [0.15, 0.2) is 34.2 Å². The third kappa shape index (κ3) is 2.88. The largest absolute Gasteiger partial charge is 0.378 e. The molecule has 104 valence electrons. The van der Waals surface area contributed by atoms with Crippen LogP contribution in [0.1, 0.15) is 24.8 Å². The molecule has 5 heteroatoms. The summed E-state index contributed by atoms with van der Waals surface area (Å²) in [5.41, 5.74) is 7.80. The summed E-state index contributed by atoms with van der Waals surface area (Å²) in [6.07, 6.45) is 5.72. The van der Waals surface area contributed by atoms with Gasteiger partial charge in [0.25, 0.3) is 5.91 Å². The molecule has 0 saturated carbocycles. The zero-order chi connectivity index (χ0) is 13.9. The molecular formula is C15H17N3OS. The molecule has 0 bridgehead atoms. The number of amidine groups is 1. The third-order valence-corrected chi connectivity index (χ3v) is 4.36. The van der Waals surface area contributed by atoms with Gasteiger partial charge in [0, 0.05) is 18.8 Å². The average molecular weight is 287 g/mol. The second-order valence-electron chi connectivity index (χ2n) is 5.01. The highest BCUT2D eigenvalue weighted by Gasteiger charge is 2.19. The molecule has 1 aromatic rings. The summed E-state index contributed by atoms with van der Waals surface area (Å²) in [6.45, 7) is 2.28. The number of amides is 1. The van der Waals surface area contributed by atoms with Crippen LogP contribution >= 0.6 is 11.8 Å². The van der Waals surface area contributed by atoms with Gasteiger partial charge in [-0.15, -0.1) is 0 Å². The number of nitrogens with two attached hydrogens (primary N) is 1. The van der Waals surface area contributed by atoms with Gasteiger partial charge in [0.05, 0.1) is 4.91 Å². The lowest BCUT2D eigenvalue weighted by Crippen LogP contribution is -2.29. The summed E-state index contributed by atoms with van der Waals surface area (Å²) < 4.78 is 0. The van der Waals surface area contributed by atoms with E-state index in [9.17, 15) is 4.79 Å². The highest BCUT2D eigenvalue weighted by atomic mass is 32.2. The first-order valence-corrected chi connectivity index (χ1v) is 7.67. The van der Waals surface area contributed by atoms with Crippen molar-refractivity contribution in [3.8, 4) is 0 Å². The number of carbonyl (C=O) groups is 1. The second-order valence-corrected chi connectivity index (χ2v) is 6.07. The lowest BCUT2D eigenvalue weighted by molar-refractivity contribution is -0.113. The number of aliphatic imine (C=N–C) groups is 1. The molecule has 0 aromatic heterocycles. The molecule has 2 N–H and O–H groups in total. The van der Waals surface area contributed by atoms with E-state index in [1.165, 1.54) is 36.7 Å². The van der Waals surface area contributed by atoms with Crippen LogP contribution in [0.3, 0.4) is 0 Å². The first-order chi connectivity index (χ1) is 9.72. The van der Waals surface area contributed by atoms with Crippen LogP contribution in [0.4, 0.5) is 5.69 Å². The molecule has 2 aliphatic heterocycles. The monoisotopic (exact) mass is 287 g/mol. The summed E-state index contributed by atoms with van der Waals surface area (Å²) >= 11 is 1.23. The van der Waals surface area contributed by atoms with E-state index in [1.54, 1.807) is 0 Å². The van der Waals surface area contributed by atoms with Crippen LogP contribution < -0.4 is 10.6 Å². The Bertz CT molecular complexity index is 571. The molecule has 20 heavy (non-hydrogen) atoms. The van der Waals surface area contributed by atoms with Gasteiger partial charge in [-0.25, -0.2) is 0 Å². The second kappa shape index (κ2) is 5.71. The number of hydrogen-bond donors (Lipinski definition) is 1. The van der Waals surface area contributed by atoms with Gasteiger partial charge >= 0.3 is 0 Å². The van der Waals surface area contributed by atoms with E-state index in [0.29, 0.717) is 10.1 Å². The molecule has 1 aromatic carbocycles. The predicted octanol–water partition coefficient (Wildman–Crippen LogP) is 2.61. The Labute approximate surface area is 122 Å². The van der Waals surface area contributed by atoms with Crippen LogP contribution in [-0.2, 0) is 4.79 Å². The van der Waals surface area contributed by atoms with Gasteiger partial charge in [0.15, 0.2) is 5.17 Å². The van der Waals surface area contributed by atoms with E-state index in [-0.39, 0.29) is 5.91 Å². The maximum atomic E-state index is 11.5. The maximum Gasteiger partial charge on any atom is 0.286 e. The Hall–Kier alpha value is -1.75. The van der Waals surface area contributed by atoms with Gasteiger partial charge in [0.1, 0.15) is 0 Å². The highest BCUT2D eigenvalue weighted by Crippen LogP contribution is 2.27. The summed E-state index contributed by atoms with van der Waals surface area (Å²) in [4.78, 5) is 18.2. The third-order valence-electron chi connectivity index (χ3n) is 3.55. The smallest absolute Gasteiger partial charge is 0.286 e. The van der Waals surface area contributed by atoms with Crippen molar-refractivity contribution in [1.82, 2.24) is 0 Å². The van der Waals surface area contributed by atoms with E-state index in [2.05, 4.69) is 22.0 Å². The van der Waals surface area contributed by atoms with Crippen molar-refractivity contribution in [3.05, 3.63) is 34.7 Å². The number of hydrogen-bond acceptors (Lipinski definition) is 4. The zero-order valence-corrected chi connectivity index (χ0v) is 12.0. The molecule has 0 unspecified atom stereocenters. The van der Waals surface area contributed by atoms with Crippen molar-refractivity contribution in [2.45, 2.75) is 19.3 Å². The molecule has 0 aliphatic carbocycles. The van der Waals surface area contributed by atoms with Gasteiger partial charge in [-0.3, -0.25) is 4.79 Å². The fourth-order valence-electron chi connectivity index (χ4n) is 2.51. The highest BCUT2D eigenvalue weighted by molar-refractivity contribution is 8.18. The Morgan fingerprint density at radius 1 is 1.15 bits per heavy atom. The van der Waals surface area contributed by atoms with E-state index in [1.807, 2.05) is 18.2 Å². The molecule has 4 nitrogen and oxygen atoms in total.